The summed E-state index contributed by atoms with van der Waals surface area (Å²) in [6, 6.07) is 0. The predicted octanol–water partition coefficient (Wildman–Crippen LogP) is -0.0242. The summed E-state index contributed by atoms with van der Waals surface area (Å²) in [5, 5.41) is 26.6. The molecular formula is C12H22O7Si. The third-order valence-corrected chi connectivity index (χ3v) is 5.76. The van der Waals surface area contributed by atoms with Crippen LogP contribution in [-0.4, -0.2) is 55.7 Å². The average Bonchev–Trinajstić information content (AvgIpc) is 2.36. The second-order valence-electron chi connectivity index (χ2n) is 4.76. The van der Waals surface area contributed by atoms with E-state index in [1.807, 2.05) is 0 Å². The first-order valence-electron chi connectivity index (χ1n) is 6.49. The topological polar surface area (TPSA) is 121 Å². The maximum absolute atomic E-state index is 11.8. The molecule has 0 aliphatic rings. The molecule has 20 heavy (non-hydrogen) atoms. The van der Waals surface area contributed by atoms with Crippen molar-refractivity contribution in [3.63, 3.8) is 0 Å². The molecule has 0 bridgehead atoms. The standard InChI is InChI=1S/C12H22O7Si/c1-4-7(8(13)14)12(10(17)18,19-6-3)11(20,5-2)9(15)16/h7H,4-6H2,1-3,20H3,(H,13,14)(H,15,16)(H,17,18). The molecule has 0 radical (unpaired) electrons. The molecule has 0 aromatic rings. The van der Waals surface area contributed by atoms with Gasteiger partial charge in [-0.2, -0.15) is 0 Å². The highest BCUT2D eigenvalue weighted by Gasteiger charge is 2.64. The second-order valence-corrected chi connectivity index (χ2v) is 6.47. The summed E-state index contributed by atoms with van der Waals surface area (Å²) in [4.78, 5) is 34.8. The highest BCUT2D eigenvalue weighted by molar-refractivity contribution is 6.30. The Morgan fingerprint density at radius 3 is 1.80 bits per heavy atom. The van der Waals surface area contributed by atoms with Crippen molar-refractivity contribution in [2.24, 2.45) is 5.92 Å². The quantitative estimate of drug-likeness (QED) is 0.512. The van der Waals surface area contributed by atoms with Crippen molar-refractivity contribution >= 4 is 28.2 Å². The van der Waals surface area contributed by atoms with Crippen LogP contribution in [0, 0.1) is 5.92 Å². The summed E-state index contributed by atoms with van der Waals surface area (Å²) < 4.78 is 5.30. The number of rotatable bonds is 9. The molecule has 3 atom stereocenters. The molecule has 8 heteroatoms. The van der Waals surface area contributed by atoms with Gasteiger partial charge < -0.3 is 20.1 Å². The Morgan fingerprint density at radius 1 is 1.10 bits per heavy atom. The van der Waals surface area contributed by atoms with E-state index in [4.69, 9.17) is 4.74 Å². The van der Waals surface area contributed by atoms with Crippen LogP contribution < -0.4 is 0 Å². The minimum Gasteiger partial charge on any atom is -0.481 e. The molecule has 0 fully saturated rings. The minimum absolute atomic E-state index is 0.00929. The zero-order valence-corrected chi connectivity index (χ0v) is 14.2. The van der Waals surface area contributed by atoms with Gasteiger partial charge in [0.1, 0.15) is 0 Å². The number of carbonyl (C=O) groups is 3. The Balaban J connectivity index is 6.35. The Bertz CT molecular complexity index is 397. The van der Waals surface area contributed by atoms with E-state index < -0.39 is 34.5 Å². The zero-order chi connectivity index (χ0) is 16.1. The Labute approximate surface area is 120 Å². The van der Waals surface area contributed by atoms with Crippen molar-refractivity contribution in [2.75, 3.05) is 6.61 Å². The Hall–Kier alpha value is -1.41. The maximum atomic E-state index is 11.8. The lowest BCUT2D eigenvalue weighted by Crippen LogP contribution is -2.62. The maximum Gasteiger partial charge on any atom is 0.337 e. The second kappa shape index (κ2) is 6.85. The predicted molar refractivity (Wildman–Crippen MR) is 74.0 cm³/mol. The first-order valence-corrected chi connectivity index (χ1v) is 7.49. The Kier molecular flexibility index (Phi) is 6.36. The number of aliphatic carboxylic acids is 3. The molecule has 0 amide bonds. The molecule has 0 aliphatic heterocycles. The van der Waals surface area contributed by atoms with Crippen LogP contribution in [0.5, 0.6) is 0 Å². The van der Waals surface area contributed by atoms with Gasteiger partial charge in [0.25, 0.3) is 0 Å². The van der Waals surface area contributed by atoms with Gasteiger partial charge in [0.15, 0.2) is 5.60 Å². The van der Waals surface area contributed by atoms with E-state index in [1.54, 1.807) is 0 Å². The van der Waals surface area contributed by atoms with Crippen molar-refractivity contribution in [1.82, 2.24) is 0 Å². The zero-order valence-electron chi connectivity index (χ0n) is 12.2. The van der Waals surface area contributed by atoms with Crippen LogP contribution in [0.25, 0.3) is 0 Å². The molecule has 116 valence electrons. The fourth-order valence-electron chi connectivity index (χ4n) is 2.53. The fourth-order valence-corrected chi connectivity index (χ4v) is 3.23. The van der Waals surface area contributed by atoms with Gasteiger partial charge >= 0.3 is 17.9 Å². The van der Waals surface area contributed by atoms with Gasteiger partial charge in [0.05, 0.1) is 11.0 Å². The van der Waals surface area contributed by atoms with Gasteiger partial charge in [0, 0.05) is 16.8 Å². The number of hydrogen-bond acceptors (Lipinski definition) is 4. The van der Waals surface area contributed by atoms with Crippen LogP contribution in [0.15, 0.2) is 0 Å². The summed E-state index contributed by atoms with van der Waals surface area (Å²) in [5.74, 6) is -5.65. The van der Waals surface area contributed by atoms with E-state index in [9.17, 15) is 29.7 Å². The summed E-state index contributed by atoms with van der Waals surface area (Å²) >= 11 is 0. The van der Waals surface area contributed by atoms with Crippen LogP contribution >= 0.6 is 0 Å². The SMILES string of the molecule is CCOC(C(=O)O)(C(CC)C(=O)O)C([SiH3])(CC)C(=O)O. The van der Waals surface area contributed by atoms with E-state index in [0.717, 1.165) is 0 Å². The van der Waals surface area contributed by atoms with E-state index >= 15 is 0 Å². The van der Waals surface area contributed by atoms with Gasteiger partial charge in [-0.1, -0.05) is 13.8 Å². The lowest BCUT2D eigenvalue weighted by Gasteiger charge is -2.45. The van der Waals surface area contributed by atoms with E-state index in [2.05, 4.69) is 0 Å². The van der Waals surface area contributed by atoms with E-state index in [-0.39, 0.29) is 29.7 Å². The highest BCUT2D eigenvalue weighted by Crippen LogP contribution is 2.48. The molecule has 0 heterocycles. The summed E-state index contributed by atoms with van der Waals surface area (Å²) in [6.45, 7) is 4.49. The number of carboxylic acid groups (broad SMARTS) is 3. The monoisotopic (exact) mass is 306 g/mol. The highest BCUT2D eigenvalue weighted by atomic mass is 28.1. The van der Waals surface area contributed by atoms with Gasteiger partial charge in [-0.25, -0.2) is 4.79 Å². The van der Waals surface area contributed by atoms with Gasteiger partial charge in [0.2, 0.25) is 0 Å². The van der Waals surface area contributed by atoms with Gasteiger partial charge in [-0.3, -0.25) is 9.59 Å². The molecule has 0 saturated carbocycles. The van der Waals surface area contributed by atoms with Crippen molar-refractivity contribution in [2.45, 2.75) is 44.3 Å². The van der Waals surface area contributed by atoms with Gasteiger partial charge in [-0.05, 0) is 19.8 Å². The molecule has 0 aromatic carbocycles. The molecular weight excluding hydrogens is 284 g/mol. The van der Waals surface area contributed by atoms with Crippen molar-refractivity contribution in [1.29, 1.82) is 0 Å². The normalized spacial score (nSPS) is 18.8. The van der Waals surface area contributed by atoms with Crippen LogP contribution in [0.4, 0.5) is 0 Å². The molecule has 3 N–H and O–H groups in total. The summed E-state index contributed by atoms with van der Waals surface area (Å²) in [7, 11) is -0.0478. The van der Waals surface area contributed by atoms with E-state index in [1.165, 1.54) is 20.8 Å². The fraction of sp³-hybridized carbons (Fsp3) is 0.750. The first kappa shape index (κ1) is 18.6. The van der Waals surface area contributed by atoms with Crippen LogP contribution in [0.1, 0.15) is 33.6 Å². The lowest BCUT2D eigenvalue weighted by atomic mass is 9.72. The van der Waals surface area contributed by atoms with Crippen LogP contribution in [0.2, 0.25) is 5.04 Å². The molecule has 0 aromatic heterocycles. The first-order chi connectivity index (χ1) is 9.15. The van der Waals surface area contributed by atoms with Crippen molar-refractivity contribution < 1.29 is 34.4 Å². The average molecular weight is 306 g/mol. The summed E-state index contributed by atoms with van der Waals surface area (Å²) in [6.07, 6.45) is -0.0382. The van der Waals surface area contributed by atoms with Gasteiger partial charge in [-0.15, -0.1) is 0 Å². The number of carboxylic acids is 3. The van der Waals surface area contributed by atoms with Crippen LogP contribution in [0.3, 0.4) is 0 Å². The molecule has 7 nitrogen and oxygen atoms in total. The summed E-state index contributed by atoms with van der Waals surface area (Å²) in [5.41, 5.74) is -2.25. The van der Waals surface area contributed by atoms with Crippen molar-refractivity contribution in [3.8, 4) is 0 Å². The molecule has 0 aliphatic carbocycles. The number of hydrogen-bond donors (Lipinski definition) is 3. The minimum atomic E-state index is -2.25. The smallest absolute Gasteiger partial charge is 0.337 e. The Morgan fingerprint density at radius 2 is 1.60 bits per heavy atom. The molecule has 0 saturated heterocycles. The lowest BCUT2D eigenvalue weighted by molar-refractivity contribution is -0.196. The van der Waals surface area contributed by atoms with E-state index in [0.29, 0.717) is 0 Å². The molecule has 0 spiro atoms. The molecule has 3 unspecified atom stereocenters. The molecule has 0 rings (SSSR count). The largest absolute Gasteiger partial charge is 0.481 e. The van der Waals surface area contributed by atoms with Crippen molar-refractivity contribution in [3.05, 3.63) is 0 Å². The third kappa shape index (κ3) is 2.71. The number of ether oxygens (including phenoxy) is 1. The van der Waals surface area contributed by atoms with Crippen LogP contribution in [-0.2, 0) is 19.1 Å². The third-order valence-electron chi connectivity index (χ3n) is 3.89.